The van der Waals surface area contributed by atoms with E-state index in [4.69, 9.17) is 21.3 Å². The topological polar surface area (TPSA) is 82.2 Å². The van der Waals surface area contributed by atoms with Crippen LogP contribution in [-0.4, -0.2) is 77.5 Å². The number of rotatable bonds is 4. The van der Waals surface area contributed by atoms with E-state index in [0.29, 0.717) is 27.2 Å². The van der Waals surface area contributed by atoms with E-state index >= 15 is 4.39 Å². The average Bonchev–Trinajstić information content (AvgIpc) is 3.34. The van der Waals surface area contributed by atoms with Gasteiger partial charge in [-0.15, -0.1) is 12.4 Å². The predicted octanol–water partition coefficient (Wildman–Crippen LogP) is 3.90. The van der Waals surface area contributed by atoms with E-state index in [1.807, 2.05) is 0 Å². The molecule has 0 bridgehead atoms. The minimum Gasteiger partial charge on any atom is -0.460 e. The molecule has 188 valence electrons. The Labute approximate surface area is 215 Å². The third-order valence-corrected chi connectivity index (χ3v) is 7.99. The van der Waals surface area contributed by atoms with Gasteiger partial charge in [-0.1, -0.05) is 11.6 Å². The standard InChI is InChI=1S/C24H29ClFN7O.ClH/c1-32-6-2-16(3-7-32)34-23-30-21-17(10-18(25)19(20(21)26)15-11-28-29-12-15)22(31-23)33-8-4-24(5-9-33)13-27-14-24;/h10-12,16,27H,2-9,13-14H2,1H3,(H,28,29);1H. The molecule has 8 nitrogen and oxygen atoms in total. The largest absolute Gasteiger partial charge is 0.460 e. The number of aromatic amines is 1. The smallest absolute Gasteiger partial charge is 0.319 e. The molecule has 5 heterocycles. The highest BCUT2D eigenvalue weighted by molar-refractivity contribution is 6.34. The highest BCUT2D eigenvalue weighted by Gasteiger charge is 2.40. The van der Waals surface area contributed by atoms with Gasteiger partial charge in [0.1, 0.15) is 17.4 Å². The molecule has 0 amide bonds. The molecule has 1 spiro atoms. The highest BCUT2D eigenvalue weighted by Crippen LogP contribution is 2.41. The third-order valence-electron chi connectivity index (χ3n) is 7.69. The molecule has 0 saturated carbocycles. The summed E-state index contributed by atoms with van der Waals surface area (Å²) in [7, 11) is 2.11. The lowest BCUT2D eigenvalue weighted by Crippen LogP contribution is -2.58. The van der Waals surface area contributed by atoms with Crippen LogP contribution in [0.5, 0.6) is 6.01 Å². The Morgan fingerprint density at radius 2 is 1.89 bits per heavy atom. The van der Waals surface area contributed by atoms with Gasteiger partial charge in [-0.3, -0.25) is 5.10 Å². The molecule has 0 unspecified atom stereocenters. The van der Waals surface area contributed by atoms with Crippen LogP contribution in [0.2, 0.25) is 5.02 Å². The number of aromatic nitrogens is 4. The van der Waals surface area contributed by atoms with Gasteiger partial charge in [0.05, 0.1) is 11.2 Å². The summed E-state index contributed by atoms with van der Waals surface area (Å²) in [6, 6.07) is 2.02. The second-order valence-electron chi connectivity index (χ2n) is 9.97. The van der Waals surface area contributed by atoms with Gasteiger partial charge in [0.25, 0.3) is 0 Å². The van der Waals surface area contributed by atoms with Gasteiger partial charge in [0.15, 0.2) is 5.82 Å². The van der Waals surface area contributed by atoms with Crippen LogP contribution < -0.4 is 15.0 Å². The summed E-state index contributed by atoms with van der Waals surface area (Å²) >= 11 is 6.60. The van der Waals surface area contributed by atoms with Gasteiger partial charge in [-0.05, 0) is 44.2 Å². The Balaban J connectivity index is 0.00000253. The number of ether oxygens (including phenoxy) is 1. The van der Waals surface area contributed by atoms with Crippen molar-refractivity contribution in [1.29, 1.82) is 0 Å². The first kappa shape index (κ1) is 24.5. The zero-order chi connectivity index (χ0) is 23.3. The lowest BCUT2D eigenvalue weighted by Gasteiger charge is -2.48. The van der Waals surface area contributed by atoms with E-state index in [2.05, 4.69) is 37.3 Å². The van der Waals surface area contributed by atoms with Gasteiger partial charge in [0.2, 0.25) is 0 Å². The SMILES string of the molecule is CN1CCC(Oc2nc(N3CCC4(CC3)CNC4)c3cc(Cl)c(-c4cn[nH]c4)c(F)c3n2)CC1.Cl. The van der Waals surface area contributed by atoms with Crippen molar-refractivity contribution in [3.05, 3.63) is 29.3 Å². The number of benzene rings is 1. The minimum absolute atomic E-state index is 0. The molecular formula is C24H30Cl2FN7O. The van der Waals surface area contributed by atoms with E-state index in [0.717, 1.165) is 65.0 Å². The fourth-order valence-electron chi connectivity index (χ4n) is 5.38. The third kappa shape index (κ3) is 4.55. The van der Waals surface area contributed by atoms with Gasteiger partial charge in [0, 0.05) is 62.0 Å². The lowest BCUT2D eigenvalue weighted by molar-refractivity contribution is 0.105. The van der Waals surface area contributed by atoms with Crippen molar-refractivity contribution < 1.29 is 9.13 Å². The summed E-state index contributed by atoms with van der Waals surface area (Å²) in [5.41, 5.74) is 1.50. The number of nitrogens with zero attached hydrogens (tertiary/aromatic N) is 5. The van der Waals surface area contributed by atoms with Crippen molar-refractivity contribution in [3.8, 4) is 17.1 Å². The second-order valence-corrected chi connectivity index (χ2v) is 10.4. The maximum Gasteiger partial charge on any atom is 0.319 e. The van der Waals surface area contributed by atoms with Gasteiger partial charge < -0.3 is 19.9 Å². The van der Waals surface area contributed by atoms with Crippen molar-refractivity contribution in [2.75, 3.05) is 51.2 Å². The van der Waals surface area contributed by atoms with Crippen LogP contribution in [0.25, 0.3) is 22.0 Å². The molecule has 3 aromatic rings. The summed E-state index contributed by atoms with van der Waals surface area (Å²) in [5.74, 6) is 0.229. The summed E-state index contributed by atoms with van der Waals surface area (Å²) in [4.78, 5) is 13.9. The van der Waals surface area contributed by atoms with E-state index in [-0.39, 0.29) is 35.6 Å². The van der Waals surface area contributed by atoms with Crippen LogP contribution in [0.15, 0.2) is 18.5 Å². The van der Waals surface area contributed by atoms with Crippen molar-refractivity contribution in [2.24, 2.45) is 5.41 Å². The quantitative estimate of drug-likeness (QED) is 0.538. The van der Waals surface area contributed by atoms with E-state index < -0.39 is 5.82 Å². The molecule has 11 heteroatoms. The lowest BCUT2D eigenvalue weighted by atomic mass is 9.73. The van der Waals surface area contributed by atoms with Crippen molar-refractivity contribution in [1.82, 2.24) is 30.4 Å². The van der Waals surface area contributed by atoms with E-state index in [9.17, 15) is 0 Å². The molecule has 0 radical (unpaired) electrons. The number of hydrogen-bond acceptors (Lipinski definition) is 7. The number of nitrogens with one attached hydrogen (secondary N) is 2. The zero-order valence-electron chi connectivity index (χ0n) is 19.7. The zero-order valence-corrected chi connectivity index (χ0v) is 21.3. The van der Waals surface area contributed by atoms with Crippen LogP contribution in [0.1, 0.15) is 25.7 Å². The summed E-state index contributed by atoms with van der Waals surface area (Å²) in [5, 5.41) is 11.0. The Morgan fingerprint density at radius 1 is 1.14 bits per heavy atom. The molecule has 2 N–H and O–H groups in total. The van der Waals surface area contributed by atoms with Crippen molar-refractivity contribution in [2.45, 2.75) is 31.8 Å². The molecule has 35 heavy (non-hydrogen) atoms. The number of halogens is 3. The maximum atomic E-state index is 15.9. The first-order chi connectivity index (χ1) is 16.5. The molecule has 6 rings (SSSR count). The van der Waals surface area contributed by atoms with Crippen LogP contribution in [0.4, 0.5) is 10.2 Å². The van der Waals surface area contributed by atoms with Crippen LogP contribution in [0.3, 0.4) is 0 Å². The van der Waals surface area contributed by atoms with Gasteiger partial charge in [-0.2, -0.15) is 15.1 Å². The fourth-order valence-corrected chi connectivity index (χ4v) is 5.68. The number of anilines is 1. The van der Waals surface area contributed by atoms with Crippen LogP contribution >= 0.6 is 24.0 Å². The molecule has 3 fully saturated rings. The normalized spacial score (nSPS) is 20.6. The number of hydrogen-bond donors (Lipinski definition) is 2. The number of likely N-dealkylation sites (tertiary alicyclic amines) is 1. The monoisotopic (exact) mass is 521 g/mol. The predicted molar refractivity (Wildman–Crippen MR) is 137 cm³/mol. The Kier molecular flexibility index (Phi) is 6.78. The summed E-state index contributed by atoms with van der Waals surface area (Å²) in [6.45, 7) is 5.80. The fraction of sp³-hybridized carbons (Fsp3) is 0.542. The van der Waals surface area contributed by atoms with E-state index in [1.54, 1.807) is 18.5 Å². The average molecular weight is 522 g/mol. The van der Waals surface area contributed by atoms with E-state index in [1.165, 1.54) is 0 Å². The maximum absolute atomic E-state index is 15.9. The molecule has 3 aliphatic rings. The minimum atomic E-state index is -0.475. The number of fused-ring (bicyclic) bond motifs is 1. The molecule has 2 aromatic heterocycles. The van der Waals surface area contributed by atoms with Gasteiger partial charge >= 0.3 is 6.01 Å². The first-order valence-electron chi connectivity index (χ1n) is 12.0. The summed E-state index contributed by atoms with van der Waals surface area (Å²) < 4.78 is 22.2. The number of H-pyrrole nitrogens is 1. The highest BCUT2D eigenvalue weighted by atomic mass is 35.5. The molecule has 0 atom stereocenters. The molecule has 3 saturated heterocycles. The second kappa shape index (κ2) is 9.69. The Bertz CT molecular complexity index is 1190. The van der Waals surface area contributed by atoms with Gasteiger partial charge in [-0.25, -0.2) is 4.39 Å². The number of piperidine rings is 2. The summed E-state index contributed by atoms with van der Waals surface area (Å²) in [6.07, 6.45) is 7.18. The molecule has 0 aliphatic carbocycles. The molecular weight excluding hydrogens is 492 g/mol. The Hall–Kier alpha value is -2.20. The van der Waals surface area contributed by atoms with Crippen LogP contribution in [-0.2, 0) is 0 Å². The Morgan fingerprint density at radius 3 is 2.51 bits per heavy atom. The van der Waals surface area contributed by atoms with Crippen LogP contribution in [0, 0.1) is 11.2 Å². The molecule has 1 aromatic carbocycles. The van der Waals surface area contributed by atoms with Crippen molar-refractivity contribution in [3.63, 3.8) is 0 Å². The molecule has 3 aliphatic heterocycles. The van der Waals surface area contributed by atoms with Crippen molar-refractivity contribution >= 4 is 40.7 Å². The first-order valence-corrected chi connectivity index (χ1v) is 12.4.